The van der Waals surface area contributed by atoms with Crippen LogP contribution in [0.3, 0.4) is 0 Å². The molecular weight excluding hydrogens is 232 g/mol. The number of nitrogens with zero attached hydrogens (tertiary/aromatic N) is 3. The van der Waals surface area contributed by atoms with Crippen molar-refractivity contribution in [3.63, 3.8) is 0 Å². The fourth-order valence-electron chi connectivity index (χ4n) is 2.49. The molecule has 2 unspecified atom stereocenters. The van der Waals surface area contributed by atoms with Gasteiger partial charge in [-0.15, -0.1) is 0 Å². The molecule has 0 saturated carbocycles. The van der Waals surface area contributed by atoms with Gasteiger partial charge < -0.3 is 15.0 Å². The first-order valence-corrected chi connectivity index (χ1v) is 6.26. The number of aromatic nitrogens is 2. The summed E-state index contributed by atoms with van der Waals surface area (Å²) in [4.78, 5) is 13.8. The van der Waals surface area contributed by atoms with Crippen molar-refractivity contribution >= 4 is 6.03 Å². The molecule has 2 aliphatic heterocycles. The van der Waals surface area contributed by atoms with Crippen LogP contribution >= 0.6 is 0 Å². The van der Waals surface area contributed by atoms with Crippen molar-refractivity contribution in [2.45, 2.75) is 31.6 Å². The van der Waals surface area contributed by atoms with Gasteiger partial charge in [-0.1, -0.05) is 0 Å². The Kier molecular flexibility index (Phi) is 3.10. The Morgan fingerprint density at radius 1 is 1.44 bits per heavy atom. The third kappa shape index (κ3) is 2.43. The molecule has 0 spiro atoms. The van der Waals surface area contributed by atoms with Crippen LogP contribution in [0.2, 0.25) is 0 Å². The highest BCUT2D eigenvalue weighted by atomic mass is 16.5. The van der Waals surface area contributed by atoms with E-state index in [0.29, 0.717) is 19.6 Å². The fourth-order valence-corrected chi connectivity index (χ4v) is 2.49. The standard InChI is InChI=1S/C12H16N4O2/c17-12(13-6-9-2-1-5-14-15-9)16-7-10-3-4-11(8-16)18-10/h1-2,5,10-11H,3-4,6-8H2,(H,13,17). The number of likely N-dealkylation sites (tertiary alicyclic amines) is 1. The number of fused-ring (bicyclic) bond motifs is 2. The Bertz CT molecular complexity index is 413. The molecule has 0 aromatic carbocycles. The van der Waals surface area contributed by atoms with Gasteiger partial charge >= 0.3 is 6.03 Å². The molecular formula is C12H16N4O2. The maximum atomic E-state index is 12.0. The Labute approximate surface area is 105 Å². The number of ether oxygens (including phenoxy) is 1. The lowest BCUT2D eigenvalue weighted by Crippen LogP contribution is -2.49. The van der Waals surface area contributed by atoms with Gasteiger partial charge in [0.2, 0.25) is 0 Å². The number of carbonyl (C=O) groups is 1. The number of morpholine rings is 1. The van der Waals surface area contributed by atoms with E-state index < -0.39 is 0 Å². The second-order valence-corrected chi connectivity index (χ2v) is 4.74. The van der Waals surface area contributed by atoms with Crippen LogP contribution in [0.1, 0.15) is 18.5 Å². The van der Waals surface area contributed by atoms with E-state index in [4.69, 9.17) is 4.74 Å². The molecule has 96 valence electrons. The maximum Gasteiger partial charge on any atom is 0.317 e. The normalized spacial score (nSPS) is 26.1. The molecule has 1 N–H and O–H groups in total. The van der Waals surface area contributed by atoms with Crippen molar-refractivity contribution in [1.29, 1.82) is 0 Å². The first-order valence-electron chi connectivity index (χ1n) is 6.26. The second kappa shape index (κ2) is 4.89. The molecule has 18 heavy (non-hydrogen) atoms. The molecule has 6 nitrogen and oxygen atoms in total. The predicted octanol–water partition coefficient (Wildman–Crippen LogP) is 0.549. The first-order chi connectivity index (χ1) is 8.81. The summed E-state index contributed by atoms with van der Waals surface area (Å²) in [6.07, 6.45) is 4.21. The van der Waals surface area contributed by atoms with Gasteiger partial charge in [0.15, 0.2) is 0 Å². The van der Waals surface area contributed by atoms with Crippen LogP contribution in [0.5, 0.6) is 0 Å². The zero-order valence-electron chi connectivity index (χ0n) is 10.1. The highest BCUT2D eigenvalue weighted by molar-refractivity contribution is 5.74. The molecule has 6 heteroatoms. The third-order valence-corrected chi connectivity index (χ3v) is 3.38. The van der Waals surface area contributed by atoms with Gasteiger partial charge in [-0.25, -0.2) is 4.79 Å². The Morgan fingerprint density at radius 2 is 2.22 bits per heavy atom. The van der Waals surface area contributed by atoms with Gasteiger partial charge in [0.05, 0.1) is 24.4 Å². The molecule has 1 aromatic rings. The molecule has 2 fully saturated rings. The summed E-state index contributed by atoms with van der Waals surface area (Å²) in [7, 11) is 0. The molecule has 2 bridgehead atoms. The Hall–Kier alpha value is -1.69. The minimum atomic E-state index is -0.0409. The van der Waals surface area contributed by atoms with E-state index in [0.717, 1.165) is 18.5 Å². The van der Waals surface area contributed by atoms with E-state index in [9.17, 15) is 4.79 Å². The molecule has 2 atom stereocenters. The van der Waals surface area contributed by atoms with Gasteiger partial charge in [0.25, 0.3) is 0 Å². The van der Waals surface area contributed by atoms with Gasteiger partial charge in [-0.3, -0.25) is 0 Å². The highest BCUT2D eigenvalue weighted by Gasteiger charge is 2.35. The summed E-state index contributed by atoms with van der Waals surface area (Å²) in [5.41, 5.74) is 0.766. The van der Waals surface area contributed by atoms with Crippen LogP contribution in [0.15, 0.2) is 18.3 Å². The largest absolute Gasteiger partial charge is 0.371 e. The van der Waals surface area contributed by atoms with E-state index in [2.05, 4.69) is 15.5 Å². The zero-order valence-corrected chi connectivity index (χ0v) is 10.1. The van der Waals surface area contributed by atoms with Crippen LogP contribution in [-0.2, 0) is 11.3 Å². The minimum Gasteiger partial charge on any atom is -0.371 e. The third-order valence-electron chi connectivity index (χ3n) is 3.38. The molecule has 2 saturated heterocycles. The number of amides is 2. The predicted molar refractivity (Wildman–Crippen MR) is 63.7 cm³/mol. The molecule has 2 amide bonds. The van der Waals surface area contributed by atoms with Crippen molar-refractivity contribution in [3.8, 4) is 0 Å². The Morgan fingerprint density at radius 3 is 2.89 bits per heavy atom. The monoisotopic (exact) mass is 248 g/mol. The summed E-state index contributed by atoms with van der Waals surface area (Å²) in [6.45, 7) is 1.81. The maximum absolute atomic E-state index is 12.0. The second-order valence-electron chi connectivity index (χ2n) is 4.74. The van der Waals surface area contributed by atoms with Crippen molar-refractivity contribution in [3.05, 3.63) is 24.0 Å². The van der Waals surface area contributed by atoms with Crippen LogP contribution in [0.25, 0.3) is 0 Å². The summed E-state index contributed by atoms with van der Waals surface area (Å²) in [5.74, 6) is 0. The van der Waals surface area contributed by atoms with E-state index in [1.165, 1.54) is 0 Å². The van der Waals surface area contributed by atoms with E-state index >= 15 is 0 Å². The average Bonchev–Trinajstić information content (AvgIpc) is 2.76. The number of hydrogen-bond donors (Lipinski definition) is 1. The summed E-state index contributed by atoms with van der Waals surface area (Å²) in [5, 5.41) is 10.6. The average molecular weight is 248 g/mol. The smallest absolute Gasteiger partial charge is 0.317 e. The molecule has 2 aliphatic rings. The number of hydrogen-bond acceptors (Lipinski definition) is 4. The molecule has 0 aliphatic carbocycles. The molecule has 3 rings (SSSR count). The fraction of sp³-hybridized carbons (Fsp3) is 0.583. The molecule has 0 radical (unpaired) electrons. The van der Waals surface area contributed by atoms with Crippen molar-refractivity contribution < 1.29 is 9.53 Å². The Balaban J connectivity index is 1.53. The lowest BCUT2D eigenvalue weighted by Gasteiger charge is -2.32. The lowest BCUT2D eigenvalue weighted by atomic mass is 10.2. The SMILES string of the molecule is O=C(NCc1cccnn1)N1CC2CCC(C1)O2. The van der Waals surface area contributed by atoms with Gasteiger partial charge in [0.1, 0.15) is 0 Å². The van der Waals surface area contributed by atoms with Crippen LogP contribution < -0.4 is 5.32 Å². The zero-order chi connectivity index (χ0) is 12.4. The number of carbonyl (C=O) groups excluding carboxylic acids is 1. The van der Waals surface area contributed by atoms with Crippen molar-refractivity contribution in [1.82, 2.24) is 20.4 Å². The van der Waals surface area contributed by atoms with Crippen LogP contribution in [0.4, 0.5) is 4.79 Å². The number of rotatable bonds is 2. The summed E-state index contributed by atoms with van der Waals surface area (Å²) < 4.78 is 5.70. The topological polar surface area (TPSA) is 67.4 Å². The summed E-state index contributed by atoms with van der Waals surface area (Å²) >= 11 is 0. The minimum absolute atomic E-state index is 0.0409. The molecule has 1 aromatic heterocycles. The summed E-state index contributed by atoms with van der Waals surface area (Å²) in [6, 6.07) is 3.61. The van der Waals surface area contributed by atoms with Gasteiger partial charge in [0, 0.05) is 19.3 Å². The van der Waals surface area contributed by atoms with Crippen molar-refractivity contribution in [2.75, 3.05) is 13.1 Å². The van der Waals surface area contributed by atoms with E-state index in [1.807, 2.05) is 17.0 Å². The lowest BCUT2D eigenvalue weighted by molar-refractivity contribution is -0.0238. The molecule has 3 heterocycles. The number of urea groups is 1. The van der Waals surface area contributed by atoms with E-state index in [1.54, 1.807) is 6.20 Å². The van der Waals surface area contributed by atoms with Crippen molar-refractivity contribution in [2.24, 2.45) is 0 Å². The van der Waals surface area contributed by atoms with Gasteiger partial charge in [-0.05, 0) is 25.0 Å². The van der Waals surface area contributed by atoms with Crippen LogP contribution in [0, 0.1) is 0 Å². The quantitative estimate of drug-likeness (QED) is 0.830. The van der Waals surface area contributed by atoms with E-state index in [-0.39, 0.29) is 18.2 Å². The van der Waals surface area contributed by atoms with Gasteiger partial charge in [-0.2, -0.15) is 10.2 Å². The number of nitrogens with one attached hydrogen (secondary N) is 1. The van der Waals surface area contributed by atoms with Crippen LogP contribution in [-0.4, -0.2) is 46.4 Å². The first kappa shape index (κ1) is 11.4. The highest BCUT2D eigenvalue weighted by Crippen LogP contribution is 2.26.